The number of aromatic nitrogens is 3. The lowest BCUT2D eigenvalue weighted by molar-refractivity contribution is -0.120. The summed E-state index contributed by atoms with van der Waals surface area (Å²) in [6, 6.07) is 22.4. The molecule has 0 aliphatic heterocycles. The van der Waals surface area contributed by atoms with E-state index in [4.69, 9.17) is 14.1 Å². The Morgan fingerprint density at radius 1 is 1.00 bits per heavy atom. The van der Waals surface area contributed by atoms with E-state index >= 15 is 0 Å². The van der Waals surface area contributed by atoms with Crippen molar-refractivity contribution in [3.63, 3.8) is 0 Å². The number of carbonyl (C=O) groups is 2. The Bertz CT molecular complexity index is 1510. The minimum atomic E-state index is -0.387. The number of rotatable bonds is 9. The van der Waals surface area contributed by atoms with Gasteiger partial charge in [0.1, 0.15) is 18.1 Å². The van der Waals surface area contributed by atoms with Crippen LogP contribution in [0.1, 0.15) is 21.7 Å². The molecule has 2 aromatic carbocycles. The summed E-state index contributed by atoms with van der Waals surface area (Å²) in [5.41, 5.74) is 3.35. The van der Waals surface area contributed by atoms with E-state index < -0.39 is 0 Å². The molecule has 0 spiro atoms. The highest BCUT2D eigenvalue weighted by molar-refractivity contribution is 6.07. The number of nitrogens with one attached hydrogen (secondary N) is 2. The highest BCUT2D eigenvalue weighted by atomic mass is 16.5. The molecule has 0 radical (unpaired) electrons. The predicted octanol–water partition coefficient (Wildman–Crippen LogP) is 3.79. The number of methoxy groups -OCH3 is 1. The maximum atomic E-state index is 13.2. The van der Waals surface area contributed by atoms with Crippen molar-refractivity contribution in [1.82, 2.24) is 25.4 Å². The van der Waals surface area contributed by atoms with E-state index in [9.17, 15) is 9.59 Å². The van der Waals surface area contributed by atoms with E-state index in [2.05, 4.69) is 15.7 Å². The highest BCUT2D eigenvalue weighted by Crippen LogP contribution is 2.25. The van der Waals surface area contributed by atoms with Crippen molar-refractivity contribution in [3.8, 4) is 17.0 Å². The highest BCUT2D eigenvalue weighted by Gasteiger charge is 2.18. The molecule has 0 aliphatic rings. The summed E-state index contributed by atoms with van der Waals surface area (Å²) in [7, 11) is 1.60. The Morgan fingerprint density at radius 2 is 1.81 bits per heavy atom. The zero-order valence-corrected chi connectivity index (χ0v) is 20.2. The molecular weight excluding hydrogens is 470 g/mol. The largest absolute Gasteiger partial charge is 0.497 e. The first-order valence-corrected chi connectivity index (χ1v) is 11.7. The lowest BCUT2D eigenvalue weighted by Crippen LogP contribution is -2.36. The predicted molar refractivity (Wildman–Crippen MR) is 138 cm³/mol. The van der Waals surface area contributed by atoms with Crippen LogP contribution in [-0.2, 0) is 17.9 Å². The molecule has 2 N–H and O–H groups in total. The Balaban J connectivity index is 1.34. The van der Waals surface area contributed by atoms with E-state index in [0.29, 0.717) is 35.4 Å². The van der Waals surface area contributed by atoms with Crippen molar-refractivity contribution in [3.05, 3.63) is 102 Å². The summed E-state index contributed by atoms with van der Waals surface area (Å²) in [4.78, 5) is 30.4. The van der Waals surface area contributed by atoms with Crippen molar-refractivity contribution in [2.24, 2.45) is 0 Å². The summed E-state index contributed by atoms with van der Waals surface area (Å²) < 4.78 is 12.3. The number of amides is 2. The zero-order chi connectivity index (χ0) is 25.6. The number of hydrogen-bond donors (Lipinski definition) is 2. The maximum absolute atomic E-state index is 13.2. The molecule has 0 bridgehead atoms. The van der Waals surface area contributed by atoms with Gasteiger partial charge in [-0.3, -0.25) is 9.59 Å². The number of benzene rings is 2. The van der Waals surface area contributed by atoms with Crippen LogP contribution in [-0.4, -0.2) is 40.2 Å². The van der Waals surface area contributed by atoms with Crippen LogP contribution in [0.25, 0.3) is 22.3 Å². The average Bonchev–Trinajstić information content (AvgIpc) is 3.61. The summed E-state index contributed by atoms with van der Waals surface area (Å²) in [6.07, 6.45) is 3.21. The average molecular weight is 496 g/mol. The molecule has 0 fully saturated rings. The third-order valence-electron chi connectivity index (χ3n) is 5.87. The molecule has 5 rings (SSSR count). The zero-order valence-electron chi connectivity index (χ0n) is 20.2. The van der Waals surface area contributed by atoms with Crippen LogP contribution in [0.2, 0.25) is 0 Å². The third kappa shape index (κ3) is 5.51. The molecule has 37 heavy (non-hydrogen) atoms. The first kappa shape index (κ1) is 23.8. The van der Waals surface area contributed by atoms with Gasteiger partial charge in [0.2, 0.25) is 5.91 Å². The smallest absolute Gasteiger partial charge is 0.252 e. The lowest BCUT2D eigenvalue weighted by atomic mass is 10.1. The van der Waals surface area contributed by atoms with Crippen LogP contribution in [0.5, 0.6) is 5.75 Å². The van der Waals surface area contributed by atoms with E-state index in [0.717, 1.165) is 22.6 Å². The monoisotopic (exact) mass is 495 g/mol. The fraction of sp³-hybridized carbons (Fsp3) is 0.143. The Labute approximate surface area is 213 Å². The van der Waals surface area contributed by atoms with Gasteiger partial charge in [-0.1, -0.05) is 42.5 Å². The Kier molecular flexibility index (Phi) is 6.93. The number of pyridine rings is 1. The fourth-order valence-electron chi connectivity index (χ4n) is 3.92. The summed E-state index contributed by atoms with van der Waals surface area (Å²) >= 11 is 0. The summed E-state index contributed by atoms with van der Waals surface area (Å²) in [5.74, 6) is 0.776. The van der Waals surface area contributed by atoms with Gasteiger partial charge in [-0.2, -0.15) is 5.10 Å². The normalized spacial score (nSPS) is 10.8. The second-order valence-electron chi connectivity index (χ2n) is 8.35. The van der Waals surface area contributed by atoms with Crippen LogP contribution in [0, 0.1) is 0 Å². The molecule has 0 aliphatic carbocycles. The van der Waals surface area contributed by atoms with Crippen molar-refractivity contribution >= 4 is 22.8 Å². The number of hydrogen-bond acceptors (Lipinski definition) is 6. The van der Waals surface area contributed by atoms with Crippen LogP contribution >= 0.6 is 0 Å². The number of furan rings is 1. The molecule has 2 amide bonds. The molecule has 3 heterocycles. The standard InChI is InChI=1S/C28H25N5O4/c1-36-21-11-9-19(10-12-21)15-29-26(34)17-30-28(35)23-14-25(20-6-3-2-4-7-20)32-27-24(23)16-31-33(27)18-22-8-5-13-37-22/h2-14,16H,15,17-18H2,1H3,(H,29,34)(H,30,35). The van der Waals surface area contributed by atoms with Gasteiger partial charge in [-0.15, -0.1) is 0 Å². The Morgan fingerprint density at radius 3 is 2.54 bits per heavy atom. The van der Waals surface area contributed by atoms with E-state index in [1.54, 1.807) is 30.3 Å². The van der Waals surface area contributed by atoms with Gasteiger partial charge in [-0.25, -0.2) is 9.67 Å². The van der Waals surface area contributed by atoms with Gasteiger partial charge in [-0.05, 0) is 35.9 Å². The molecule has 9 nitrogen and oxygen atoms in total. The molecule has 9 heteroatoms. The number of ether oxygens (including phenoxy) is 1. The van der Waals surface area contributed by atoms with Crippen molar-refractivity contribution in [2.75, 3.05) is 13.7 Å². The van der Waals surface area contributed by atoms with E-state index in [-0.39, 0.29) is 18.4 Å². The molecule has 0 unspecified atom stereocenters. The van der Waals surface area contributed by atoms with Gasteiger partial charge >= 0.3 is 0 Å². The molecule has 5 aromatic rings. The summed E-state index contributed by atoms with van der Waals surface area (Å²) in [5, 5.41) is 10.6. The maximum Gasteiger partial charge on any atom is 0.252 e. The van der Waals surface area contributed by atoms with E-state index in [1.165, 1.54) is 0 Å². The van der Waals surface area contributed by atoms with Crippen LogP contribution in [0.3, 0.4) is 0 Å². The topological polar surface area (TPSA) is 111 Å². The first-order valence-electron chi connectivity index (χ1n) is 11.7. The number of nitrogens with zero attached hydrogens (tertiary/aromatic N) is 3. The second-order valence-corrected chi connectivity index (χ2v) is 8.35. The molecule has 0 saturated heterocycles. The first-order chi connectivity index (χ1) is 18.1. The van der Waals surface area contributed by atoms with Gasteiger partial charge < -0.3 is 19.8 Å². The van der Waals surface area contributed by atoms with Crippen LogP contribution < -0.4 is 15.4 Å². The molecular formula is C28H25N5O4. The third-order valence-corrected chi connectivity index (χ3v) is 5.87. The summed E-state index contributed by atoms with van der Waals surface area (Å²) in [6.45, 7) is 0.548. The minimum Gasteiger partial charge on any atom is -0.497 e. The number of carbonyl (C=O) groups excluding carboxylic acids is 2. The van der Waals surface area contributed by atoms with Crippen LogP contribution in [0.15, 0.2) is 89.7 Å². The van der Waals surface area contributed by atoms with Crippen molar-refractivity contribution in [2.45, 2.75) is 13.1 Å². The molecule has 3 aromatic heterocycles. The van der Waals surface area contributed by atoms with Gasteiger partial charge in [0.15, 0.2) is 5.65 Å². The van der Waals surface area contributed by atoms with Crippen molar-refractivity contribution < 1.29 is 18.7 Å². The Hall–Kier alpha value is -4.92. The van der Waals surface area contributed by atoms with Gasteiger partial charge in [0.05, 0.1) is 42.8 Å². The SMILES string of the molecule is COc1ccc(CNC(=O)CNC(=O)c2cc(-c3ccccc3)nc3c2cnn3Cc2ccco2)cc1. The molecule has 186 valence electrons. The van der Waals surface area contributed by atoms with Crippen molar-refractivity contribution in [1.29, 1.82) is 0 Å². The molecule has 0 saturated carbocycles. The minimum absolute atomic E-state index is 0.167. The van der Waals surface area contributed by atoms with E-state index in [1.807, 2.05) is 66.7 Å². The fourth-order valence-corrected chi connectivity index (χ4v) is 3.92. The second kappa shape index (κ2) is 10.8. The van der Waals surface area contributed by atoms with Gasteiger partial charge in [0, 0.05) is 12.1 Å². The quantitative estimate of drug-likeness (QED) is 0.322. The molecule has 0 atom stereocenters. The number of fused-ring (bicyclic) bond motifs is 1. The van der Waals surface area contributed by atoms with Crippen LogP contribution in [0.4, 0.5) is 0 Å². The lowest BCUT2D eigenvalue weighted by Gasteiger charge is -2.10. The van der Waals surface area contributed by atoms with Gasteiger partial charge in [0.25, 0.3) is 5.91 Å².